The van der Waals surface area contributed by atoms with E-state index in [4.69, 9.17) is 4.74 Å². The smallest absolute Gasteiger partial charge is 0.169 e. The molecule has 0 saturated heterocycles. The third kappa shape index (κ3) is 5.16. The number of hydrogen-bond donors (Lipinski definition) is 4. The van der Waals surface area contributed by atoms with Crippen molar-refractivity contribution in [2.24, 2.45) is 11.8 Å². The second-order valence-corrected chi connectivity index (χ2v) is 10.1. The van der Waals surface area contributed by atoms with E-state index in [1.165, 1.54) is 23.3 Å². The molecule has 6 nitrogen and oxygen atoms in total. The number of phenols is 4. The fraction of sp³-hybridized carbons (Fsp3) is 0.219. The van der Waals surface area contributed by atoms with Crippen molar-refractivity contribution in [3.05, 3.63) is 108 Å². The van der Waals surface area contributed by atoms with E-state index in [0.29, 0.717) is 42.0 Å². The van der Waals surface area contributed by atoms with Gasteiger partial charge in [0, 0.05) is 18.3 Å². The normalized spacial score (nSPS) is 19.3. The van der Waals surface area contributed by atoms with Gasteiger partial charge in [-0.1, -0.05) is 48.5 Å². The van der Waals surface area contributed by atoms with E-state index in [2.05, 4.69) is 0 Å². The quantitative estimate of drug-likeness (QED) is 0.244. The first-order chi connectivity index (χ1) is 18.3. The molecule has 0 aromatic heterocycles. The Morgan fingerprint density at radius 3 is 1.37 bits per heavy atom. The van der Waals surface area contributed by atoms with Crippen molar-refractivity contribution in [3.63, 3.8) is 0 Å². The van der Waals surface area contributed by atoms with Gasteiger partial charge in [0.05, 0.1) is 0 Å². The maximum absolute atomic E-state index is 11.8. The molecule has 6 rings (SSSR count). The van der Waals surface area contributed by atoms with Gasteiger partial charge in [-0.3, -0.25) is 4.79 Å². The van der Waals surface area contributed by atoms with Gasteiger partial charge in [-0.05, 0) is 84.3 Å². The first kappa shape index (κ1) is 25.2. The summed E-state index contributed by atoms with van der Waals surface area (Å²) in [6, 6.07) is 28.1. The van der Waals surface area contributed by atoms with Crippen LogP contribution >= 0.6 is 0 Å². The van der Waals surface area contributed by atoms with Crippen LogP contribution in [0.4, 0.5) is 0 Å². The average Bonchev–Trinajstić information content (AvgIpc) is 3.43. The van der Waals surface area contributed by atoms with E-state index in [1.54, 1.807) is 60.7 Å². The molecule has 6 heteroatoms. The molecule has 2 atom stereocenters. The number of aromatic hydroxyl groups is 4. The SMILES string of the molecule is O=C1CC2CC(c3ccc(O)cc3)(c3ccc(O)cc3)CC2C1.Oc1ccccc1Oc1ccccc1O. The molecule has 2 unspecified atom stereocenters. The summed E-state index contributed by atoms with van der Waals surface area (Å²) in [7, 11) is 0. The molecular weight excluding hydrogens is 480 g/mol. The second kappa shape index (κ2) is 10.5. The maximum atomic E-state index is 11.8. The zero-order chi connectivity index (χ0) is 26.7. The van der Waals surface area contributed by atoms with Crippen LogP contribution in [0.3, 0.4) is 0 Å². The molecule has 38 heavy (non-hydrogen) atoms. The van der Waals surface area contributed by atoms with Crippen LogP contribution in [0, 0.1) is 11.8 Å². The second-order valence-electron chi connectivity index (χ2n) is 10.1. The summed E-state index contributed by atoms with van der Waals surface area (Å²) < 4.78 is 5.34. The third-order valence-corrected chi connectivity index (χ3v) is 7.66. The summed E-state index contributed by atoms with van der Waals surface area (Å²) in [6.45, 7) is 0. The standard InChI is InChI=1S/C20H20O3.C12H10O3/c21-17-5-1-15(2-6-17)20(16-3-7-18(22)8-4-16)11-13-9-19(23)10-14(13)12-20;13-9-5-1-3-7-11(9)15-12-8-4-2-6-10(12)14/h1-8,13-14,21-22H,9-12H2;1-8,13-14H. The van der Waals surface area contributed by atoms with Gasteiger partial charge in [0.25, 0.3) is 0 Å². The van der Waals surface area contributed by atoms with Crippen molar-refractivity contribution in [1.82, 2.24) is 0 Å². The monoisotopic (exact) mass is 510 g/mol. The van der Waals surface area contributed by atoms with Crippen LogP contribution in [-0.2, 0) is 10.2 Å². The molecule has 0 aliphatic heterocycles. The highest BCUT2D eigenvalue weighted by molar-refractivity contribution is 5.81. The van der Waals surface area contributed by atoms with Crippen LogP contribution in [0.5, 0.6) is 34.5 Å². The number of ketones is 1. The predicted molar refractivity (Wildman–Crippen MR) is 144 cm³/mol. The van der Waals surface area contributed by atoms with Crippen LogP contribution in [0.2, 0.25) is 0 Å². The highest BCUT2D eigenvalue weighted by atomic mass is 16.5. The summed E-state index contributed by atoms with van der Waals surface area (Å²) in [5.41, 5.74) is 2.24. The van der Waals surface area contributed by atoms with E-state index in [0.717, 1.165) is 12.8 Å². The van der Waals surface area contributed by atoms with Gasteiger partial charge in [-0.15, -0.1) is 0 Å². The molecule has 0 bridgehead atoms. The molecule has 0 spiro atoms. The van der Waals surface area contributed by atoms with Crippen LogP contribution in [0.1, 0.15) is 36.8 Å². The van der Waals surface area contributed by atoms with E-state index in [-0.39, 0.29) is 28.4 Å². The van der Waals surface area contributed by atoms with Crippen molar-refractivity contribution < 1.29 is 30.0 Å². The largest absolute Gasteiger partial charge is 0.508 e. The Balaban J connectivity index is 0.000000170. The van der Waals surface area contributed by atoms with E-state index >= 15 is 0 Å². The highest BCUT2D eigenvalue weighted by Crippen LogP contribution is 2.56. The number of ether oxygens (including phenoxy) is 1. The Hall–Kier alpha value is -4.45. The molecule has 4 aromatic rings. The summed E-state index contributed by atoms with van der Waals surface area (Å²) in [6.07, 6.45) is 3.31. The van der Waals surface area contributed by atoms with E-state index < -0.39 is 0 Å². The number of rotatable bonds is 4. The number of fused-ring (bicyclic) bond motifs is 1. The van der Waals surface area contributed by atoms with E-state index in [1.807, 2.05) is 24.3 Å². The fourth-order valence-corrected chi connectivity index (χ4v) is 5.86. The van der Waals surface area contributed by atoms with Crippen LogP contribution in [-0.4, -0.2) is 26.2 Å². The van der Waals surface area contributed by atoms with Crippen molar-refractivity contribution in [1.29, 1.82) is 0 Å². The molecule has 4 N–H and O–H groups in total. The Morgan fingerprint density at radius 1 is 0.579 bits per heavy atom. The molecule has 0 heterocycles. The molecule has 194 valence electrons. The van der Waals surface area contributed by atoms with Gasteiger partial charge in [0.1, 0.15) is 17.3 Å². The number of Topliss-reactive ketones (excluding diaryl/α,β-unsaturated/α-hetero) is 1. The third-order valence-electron chi connectivity index (χ3n) is 7.66. The van der Waals surface area contributed by atoms with E-state index in [9.17, 15) is 25.2 Å². The van der Waals surface area contributed by atoms with Crippen molar-refractivity contribution in [2.45, 2.75) is 31.1 Å². The topological polar surface area (TPSA) is 107 Å². The number of carbonyl (C=O) groups excluding carboxylic acids is 1. The molecule has 2 saturated carbocycles. The minimum absolute atomic E-state index is 0.0424. The van der Waals surface area contributed by atoms with Crippen molar-refractivity contribution >= 4 is 5.78 Å². The Kier molecular flexibility index (Phi) is 6.97. The van der Waals surface area contributed by atoms with Crippen LogP contribution in [0.25, 0.3) is 0 Å². The summed E-state index contributed by atoms with van der Waals surface area (Å²) in [5.74, 6) is 2.55. The fourth-order valence-electron chi connectivity index (χ4n) is 5.86. The number of hydrogen-bond acceptors (Lipinski definition) is 6. The van der Waals surface area contributed by atoms with Gasteiger partial charge < -0.3 is 25.2 Å². The van der Waals surface area contributed by atoms with Crippen molar-refractivity contribution in [3.8, 4) is 34.5 Å². The van der Waals surface area contributed by atoms with Crippen LogP contribution < -0.4 is 4.74 Å². The zero-order valence-electron chi connectivity index (χ0n) is 20.8. The first-order valence-electron chi connectivity index (χ1n) is 12.7. The first-order valence-corrected chi connectivity index (χ1v) is 12.7. The molecular formula is C32H30O6. The zero-order valence-corrected chi connectivity index (χ0v) is 20.8. The lowest BCUT2D eigenvalue weighted by Crippen LogP contribution is -2.25. The van der Waals surface area contributed by atoms with Crippen molar-refractivity contribution in [2.75, 3.05) is 0 Å². The van der Waals surface area contributed by atoms with Gasteiger partial charge in [0.15, 0.2) is 23.0 Å². The minimum Gasteiger partial charge on any atom is -0.508 e. The molecule has 2 aliphatic carbocycles. The molecule has 2 aliphatic rings. The van der Waals surface area contributed by atoms with Crippen LogP contribution in [0.15, 0.2) is 97.1 Å². The van der Waals surface area contributed by atoms with Gasteiger partial charge in [-0.25, -0.2) is 0 Å². The van der Waals surface area contributed by atoms with Gasteiger partial charge >= 0.3 is 0 Å². The Labute approximate surface area is 221 Å². The predicted octanol–water partition coefficient (Wildman–Crippen LogP) is 6.66. The summed E-state index contributed by atoms with van der Waals surface area (Å²) >= 11 is 0. The lowest BCUT2D eigenvalue weighted by atomic mass is 9.71. The van der Waals surface area contributed by atoms with Gasteiger partial charge in [-0.2, -0.15) is 0 Å². The Bertz CT molecular complexity index is 1300. The van der Waals surface area contributed by atoms with Gasteiger partial charge in [0.2, 0.25) is 0 Å². The lowest BCUT2D eigenvalue weighted by Gasteiger charge is -2.32. The summed E-state index contributed by atoms with van der Waals surface area (Å²) in [5, 5.41) is 38.1. The molecule has 0 radical (unpaired) electrons. The number of phenolic OH excluding ortho intramolecular Hbond substituents is 4. The molecule has 2 fully saturated rings. The molecule has 4 aromatic carbocycles. The number of carbonyl (C=O) groups is 1. The lowest BCUT2D eigenvalue weighted by molar-refractivity contribution is -0.117. The number of para-hydroxylation sites is 4. The Morgan fingerprint density at radius 2 is 0.974 bits per heavy atom. The summed E-state index contributed by atoms with van der Waals surface area (Å²) in [4.78, 5) is 11.8. The minimum atomic E-state index is -0.128. The highest BCUT2D eigenvalue weighted by Gasteiger charge is 2.50. The number of benzene rings is 4. The maximum Gasteiger partial charge on any atom is 0.169 e. The molecule has 0 amide bonds. The average molecular weight is 511 g/mol.